The molecule has 0 amide bonds. The van der Waals surface area contributed by atoms with E-state index in [4.69, 9.17) is 19.8 Å². The first kappa shape index (κ1) is 10.9. The molecule has 0 saturated heterocycles. The second-order valence-corrected chi connectivity index (χ2v) is 6.90. The highest BCUT2D eigenvalue weighted by molar-refractivity contribution is 5.75. The molecule has 164 valence electrons. The standard InChI is InChI=1S/C26H37NO3/c1-18(2)26(29)30-25-13-12-21(17-28)16-24(25)23(22-10-8-7-9-11-22)14-15-27(19(3)4)20(5)6/h7-13,16,18-20,23,28H,14-15,17H2,1-6H3/t23-/m1/s1/i3D2,4D3,5D2,14D2,15D2,19D,20D,23D/t19?,20?,23-. The van der Waals surface area contributed by atoms with Crippen molar-refractivity contribution in [1.29, 1.82) is 0 Å². The Bertz CT molecular complexity index is 1300. The smallest absolute Gasteiger partial charge is 0.313 e. The summed E-state index contributed by atoms with van der Waals surface area (Å²) in [7, 11) is 0. The van der Waals surface area contributed by atoms with Crippen molar-refractivity contribution >= 4 is 5.97 Å². The van der Waals surface area contributed by atoms with Crippen molar-refractivity contribution in [2.24, 2.45) is 5.92 Å². The van der Waals surface area contributed by atoms with Crippen molar-refractivity contribution in [3.8, 4) is 5.75 Å². The zero-order valence-electron chi connectivity index (χ0n) is 31.3. The van der Waals surface area contributed by atoms with Gasteiger partial charge in [0.15, 0.2) is 0 Å². The molecule has 0 heterocycles. The Morgan fingerprint density at radius 2 is 1.90 bits per heavy atom. The average Bonchev–Trinajstić information content (AvgIpc) is 2.91. The van der Waals surface area contributed by atoms with Crippen molar-refractivity contribution in [2.45, 2.75) is 72.3 Å². The second kappa shape index (κ2) is 11.3. The third kappa shape index (κ3) is 6.41. The van der Waals surface area contributed by atoms with Gasteiger partial charge in [-0.1, -0.05) is 50.2 Å². The van der Waals surface area contributed by atoms with Gasteiger partial charge >= 0.3 is 5.97 Å². The Hall–Kier alpha value is -2.17. The van der Waals surface area contributed by atoms with Crippen LogP contribution in [0.5, 0.6) is 5.75 Å². The van der Waals surface area contributed by atoms with E-state index >= 15 is 0 Å². The van der Waals surface area contributed by atoms with Crippen molar-refractivity contribution in [3.63, 3.8) is 0 Å². The Morgan fingerprint density at radius 1 is 1.17 bits per heavy atom. The van der Waals surface area contributed by atoms with Gasteiger partial charge in [0.05, 0.1) is 12.5 Å². The van der Waals surface area contributed by atoms with E-state index in [1.54, 1.807) is 0 Å². The monoisotopic (exact) mass is 425 g/mol. The van der Waals surface area contributed by atoms with E-state index in [1.165, 1.54) is 56.3 Å². The predicted molar refractivity (Wildman–Crippen MR) is 123 cm³/mol. The summed E-state index contributed by atoms with van der Waals surface area (Å²) in [6.45, 7) is -9.90. The third-order valence-electron chi connectivity index (χ3n) is 4.13. The topological polar surface area (TPSA) is 49.8 Å². The Kier molecular flexibility index (Phi) is 4.11. The molecule has 30 heavy (non-hydrogen) atoms. The van der Waals surface area contributed by atoms with Crippen LogP contribution >= 0.6 is 0 Å². The maximum absolute atomic E-state index is 12.7. The molecular weight excluding hydrogens is 374 g/mol. The molecule has 0 bridgehead atoms. The van der Waals surface area contributed by atoms with Crippen molar-refractivity contribution in [1.82, 2.24) is 4.90 Å². The number of hydrogen-bond donors (Lipinski definition) is 1. The molecule has 0 aliphatic heterocycles. The summed E-state index contributed by atoms with van der Waals surface area (Å²) in [6.07, 6.45) is -3.78. The number of aliphatic hydroxyl groups is 1. The van der Waals surface area contributed by atoms with Crippen LogP contribution in [0.25, 0.3) is 0 Å². The molecule has 2 unspecified atom stereocenters. The highest BCUT2D eigenvalue weighted by Gasteiger charge is 2.23. The third-order valence-corrected chi connectivity index (χ3v) is 4.13. The fourth-order valence-electron chi connectivity index (χ4n) is 2.54. The summed E-state index contributed by atoms with van der Waals surface area (Å²) >= 11 is 0. The first-order valence-electron chi connectivity index (χ1n) is 16.7. The van der Waals surface area contributed by atoms with E-state index < -0.39 is 81.2 Å². The van der Waals surface area contributed by atoms with Gasteiger partial charge in [-0.05, 0) is 63.7 Å². The van der Waals surface area contributed by atoms with Crippen LogP contribution in [-0.2, 0) is 11.4 Å². The Balaban J connectivity index is 3.17. The number of benzene rings is 2. The summed E-state index contributed by atoms with van der Waals surface area (Å²) in [5.74, 6) is -4.92. The molecular formula is C26H37NO3. The van der Waals surface area contributed by atoms with E-state index in [0.29, 0.717) is 6.92 Å². The summed E-state index contributed by atoms with van der Waals surface area (Å²) in [5.41, 5.74) is -0.651. The number of carbonyl (C=O) groups excluding carboxylic acids is 1. The summed E-state index contributed by atoms with van der Waals surface area (Å²) < 4.78 is 125. The van der Waals surface area contributed by atoms with Crippen LogP contribution < -0.4 is 4.74 Å². The number of hydrogen-bond acceptors (Lipinski definition) is 4. The van der Waals surface area contributed by atoms with Crippen LogP contribution in [0.1, 0.15) is 89.5 Å². The largest absolute Gasteiger partial charge is 0.426 e. The molecule has 0 aromatic heterocycles. The zero-order chi connectivity index (χ0) is 34.3. The highest BCUT2D eigenvalue weighted by Crippen LogP contribution is 2.36. The minimum atomic E-state index is -3.98. The molecule has 4 nitrogen and oxygen atoms in total. The molecule has 0 aliphatic rings. The van der Waals surface area contributed by atoms with Crippen LogP contribution in [0.2, 0.25) is 0 Å². The fraction of sp³-hybridized carbons (Fsp3) is 0.500. The first-order chi connectivity index (χ1) is 19.9. The van der Waals surface area contributed by atoms with Gasteiger partial charge in [0.1, 0.15) is 5.75 Å². The van der Waals surface area contributed by atoms with E-state index in [9.17, 15) is 14.0 Å². The zero-order valence-corrected chi connectivity index (χ0v) is 17.3. The average molecular weight is 426 g/mol. The van der Waals surface area contributed by atoms with Crippen LogP contribution in [0.15, 0.2) is 48.5 Å². The summed E-state index contributed by atoms with van der Waals surface area (Å²) in [6, 6.07) is 3.61. The maximum Gasteiger partial charge on any atom is 0.313 e. The maximum atomic E-state index is 12.7. The van der Waals surface area contributed by atoms with Crippen LogP contribution in [0.3, 0.4) is 0 Å². The van der Waals surface area contributed by atoms with E-state index in [-0.39, 0.29) is 16.0 Å². The molecule has 2 rings (SSSR count). The van der Waals surface area contributed by atoms with Gasteiger partial charge in [0.2, 0.25) is 0 Å². The summed E-state index contributed by atoms with van der Waals surface area (Å²) in [5, 5.41) is 9.89. The van der Waals surface area contributed by atoms with Gasteiger partial charge in [-0.25, -0.2) is 0 Å². The SMILES string of the molecule is [2H]C([2H])C([2H])(C)N(C([2H])([2H])C([2H])([2H])[C@]([2H])(c1ccccc1)c1cc(CO)ccc1OC(=O)C(C)C)C([2H])(C([2H])[2H])C([2H])([2H])[2H]. The molecule has 3 atom stereocenters. The Morgan fingerprint density at radius 3 is 2.50 bits per heavy atom. The number of nitrogens with zero attached hydrogens (tertiary/aromatic N) is 1. The van der Waals surface area contributed by atoms with Gasteiger partial charge in [-0.3, -0.25) is 9.69 Å². The minimum Gasteiger partial charge on any atom is -0.426 e. The van der Waals surface area contributed by atoms with Gasteiger partial charge in [0, 0.05) is 42.7 Å². The van der Waals surface area contributed by atoms with Crippen molar-refractivity contribution in [3.05, 3.63) is 65.2 Å². The summed E-state index contributed by atoms with van der Waals surface area (Å²) in [4.78, 5) is 12.4. The lowest BCUT2D eigenvalue weighted by atomic mass is 9.86. The Labute approximate surface area is 201 Å². The van der Waals surface area contributed by atoms with Gasteiger partial charge < -0.3 is 9.84 Å². The van der Waals surface area contributed by atoms with Gasteiger partial charge in [-0.15, -0.1) is 0 Å². The van der Waals surface area contributed by atoms with Crippen LogP contribution in [0, 0.1) is 5.92 Å². The van der Waals surface area contributed by atoms with Gasteiger partial charge in [0.25, 0.3) is 0 Å². The number of ether oxygens (including phenoxy) is 1. The molecule has 0 saturated carbocycles. The molecule has 4 heteroatoms. The molecule has 2 aromatic rings. The van der Waals surface area contributed by atoms with E-state index in [1.807, 2.05) is 0 Å². The fourth-order valence-corrected chi connectivity index (χ4v) is 2.54. The highest BCUT2D eigenvalue weighted by atomic mass is 16.5. The number of aliphatic hydroxyl groups excluding tert-OH is 1. The van der Waals surface area contributed by atoms with Crippen LogP contribution in [-0.4, -0.2) is 34.5 Å². The molecule has 0 fully saturated rings. The molecule has 2 aromatic carbocycles. The second-order valence-electron chi connectivity index (χ2n) is 6.90. The van der Waals surface area contributed by atoms with Crippen molar-refractivity contribution < 1.29 is 33.8 Å². The molecule has 0 aliphatic carbocycles. The number of esters is 1. The number of rotatable bonds is 10. The van der Waals surface area contributed by atoms with Crippen molar-refractivity contribution in [2.75, 3.05) is 6.50 Å². The predicted octanol–water partition coefficient (Wildman–Crippen LogP) is 5.38. The lowest BCUT2D eigenvalue weighted by molar-refractivity contribution is -0.137. The first-order valence-corrected chi connectivity index (χ1v) is 9.37. The van der Waals surface area contributed by atoms with E-state index in [0.717, 1.165) is 6.07 Å². The normalized spacial score (nSPS) is 26.1. The van der Waals surface area contributed by atoms with Gasteiger partial charge in [-0.2, -0.15) is 0 Å². The molecule has 0 spiro atoms. The number of carbonyl (C=O) groups is 1. The lowest BCUT2D eigenvalue weighted by Gasteiger charge is -2.32. The quantitative estimate of drug-likeness (QED) is 0.410. The lowest BCUT2D eigenvalue weighted by Crippen LogP contribution is -2.38. The van der Waals surface area contributed by atoms with E-state index in [2.05, 4.69) is 0 Å². The van der Waals surface area contributed by atoms with Crippen LogP contribution in [0.4, 0.5) is 0 Å². The molecule has 1 N–H and O–H groups in total. The minimum absolute atomic E-state index is 0.0996. The molecule has 0 radical (unpaired) electrons.